The summed E-state index contributed by atoms with van der Waals surface area (Å²) < 4.78 is 58.5. The normalized spacial score (nSPS) is 11.7. The molecule has 0 aliphatic heterocycles. The third-order valence-corrected chi connectivity index (χ3v) is 2.77. The maximum Gasteiger partial charge on any atom is 0.573 e. The highest BCUT2D eigenvalue weighted by Crippen LogP contribution is 2.29. The van der Waals surface area contributed by atoms with Gasteiger partial charge in [0.15, 0.2) is 17.3 Å². The first-order valence-corrected chi connectivity index (χ1v) is 6.23. The highest BCUT2D eigenvalue weighted by atomic mass is 19.4. The minimum Gasteiger partial charge on any atom is -0.403 e. The minimum atomic E-state index is -4.97. The van der Waals surface area contributed by atoms with Crippen LogP contribution in [-0.4, -0.2) is 26.7 Å². The molecule has 0 unspecified atom stereocenters. The number of alkyl halides is 3. The number of hydrogen-bond acceptors (Lipinski definition) is 5. The van der Waals surface area contributed by atoms with Gasteiger partial charge in [0, 0.05) is 11.3 Å². The Morgan fingerprint density at radius 1 is 1.22 bits per heavy atom. The minimum absolute atomic E-state index is 0.0121. The number of rotatable bonds is 3. The van der Waals surface area contributed by atoms with Crippen molar-refractivity contribution in [2.75, 3.05) is 0 Å². The molecule has 0 bridgehead atoms. The largest absolute Gasteiger partial charge is 0.573 e. The van der Waals surface area contributed by atoms with E-state index in [0.29, 0.717) is 5.69 Å². The number of aryl methyl sites for hydroxylation is 1. The molecule has 0 saturated carbocycles. The number of nitrogens with one attached hydrogen (secondary N) is 1. The Morgan fingerprint density at radius 2 is 2.00 bits per heavy atom. The second kappa shape index (κ2) is 5.38. The first-order valence-electron chi connectivity index (χ1n) is 6.23. The van der Waals surface area contributed by atoms with E-state index in [0.717, 1.165) is 17.8 Å². The molecule has 2 aromatic heterocycles. The molecule has 0 radical (unpaired) electrons. The smallest absolute Gasteiger partial charge is 0.403 e. The van der Waals surface area contributed by atoms with Crippen molar-refractivity contribution in [1.29, 1.82) is 0 Å². The Bertz CT molecular complexity index is 841. The van der Waals surface area contributed by atoms with Gasteiger partial charge in [0.1, 0.15) is 0 Å². The summed E-state index contributed by atoms with van der Waals surface area (Å²) in [5, 5.41) is 10.3. The lowest BCUT2D eigenvalue weighted by atomic mass is 10.2. The number of ether oxygens (including phenoxy) is 1. The van der Waals surface area contributed by atoms with E-state index < -0.39 is 17.9 Å². The summed E-state index contributed by atoms with van der Waals surface area (Å²) in [6.45, 7) is 1.78. The van der Waals surface area contributed by atoms with Crippen LogP contribution >= 0.6 is 0 Å². The summed E-state index contributed by atoms with van der Waals surface area (Å²) in [5.41, 5.74) is 1.32. The van der Waals surface area contributed by atoms with Gasteiger partial charge in [-0.2, -0.15) is 10.1 Å². The molecule has 0 amide bonds. The highest BCUT2D eigenvalue weighted by molar-refractivity contribution is 5.59. The van der Waals surface area contributed by atoms with Gasteiger partial charge in [-0.05, 0) is 31.2 Å². The summed E-state index contributed by atoms with van der Waals surface area (Å²) in [5.74, 6) is -2.02. The highest BCUT2D eigenvalue weighted by Gasteiger charge is 2.32. The molecule has 1 N–H and O–H groups in total. The van der Waals surface area contributed by atoms with Crippen LogP contribution in [0.15, 0.2) is 28.8 Å². The second-order valence-corrected chi connectivity index (χ2v) is 4.55. The molecular formula is C13H8F4N4O2. The Hall–Kier alpha value is -2.91. The summed E-state index contributed by atoms with van der Waals surface area (Å²) >= 11 is 0. The summed E-state index contributed by atoms with van der Waals surface area (Å²) in [4.78, 5) is 4.02. The molecule has 3 aromatic rings. The molecule has 0 aliphatic rings. The second-order valence-electron chi connectivity index (χ2n) is 4.55. The molecular weight excluding hydrogens is 320 g/mol. The van der Waals surface area contributed by atoms with Gasteiger partial charge in [0.05, 0.1) is 0 Å². The predicted molar refractivity (Wildman–Crippen MR) is 68.7 cm³/mol. The number of H-pyrrole nitrogens is 1. The van der Waals surface area contributed by atoms with Crippen LogP contribution in [0.5, 0.6) is 5.75 Å². The summed E-state index contributed by atoms with van der Waals surface area (Å²) in [6, 6.07) is 4.52. The molecule has 0 atom stereocenters. The van der Waals surface area contributed by atoms with Crippen molar-refractivity contribution in [1.82, 2.24) is 20.3 Å². The van der Waals surface area contributed by atoms with Gasteiger partial charge >= 0.3 is 6.36 Å². The van der Waals surface area contributed by atoms with Gasteiger partial charge in [-0.3, -0.25) is 5.10 Å². The zero-order valence-corrected chi connectivity index (χ0v) is 11.5. The van der Waals surface area contributed by atoms with Crippen molar-refractivity contribution < 1.29 is 26.8 Å². The van der Waals surface area contributed by atoms with Crippen molar-refractivity contribution in [3.63, 3.8) is 0 Å². The lowest BCUT2D eigenvalue weighted by Crippen LogP contribution is -2.17. The van der Waals surface area contributed by atoms with E-state index in [-0.39, 0.29) is 17.3 Å². The van der Waals surface area contributed by atoms with Crippen LogP contribution in [0.2, 0.25) is 0 Å². The Labute approximate surface area is 126 Å². The lowest BCUT2D eigenvalue weighted by Gasteiger charge is -2.09. The van der Waals surface area contributed by atoms with E-state index in [1.165, 1.54) is 6.07 Å². The van der Waals surface area contributed by atoms with E-state index >= 15 is 0 Å². The molecule has 3 rings (SSSR count). The zero-order chi connectivity index (χ0) is 16.6. The topological polar surface area (TPSA) is 76.8 Å². The molecule has 23 heavy (non-hydrogen) atoms. The van der Waals surface area contributed by atoms with Crippen LogP contribution in [0.25, 0.3) is 23.0 Å². The van der Waals surface area contributed by atoms with Crippen molar-refractivity contribution in [3.8, 4) is 28.7 Å². The molecule has 6 nitrogen and oxygen atoms in total. The third kappa shape index (κ3) is 3.30. The fraction of sp³-hybridized carbons (Fsp3) is 0.154. The standard InChI is InChI=1S/C13H8F4N4O2/c1-6-4-9(20-19-6)12-18-11(21-23-12)7-2-3-10(8(14)5-7)22-13(15,16)17/h2-5H,1H3,(H,19,20). The predicted octanol–water partition coefficient (Wildman–Crippen LogP) is 3.47. The van der Waals surface area contributed by atoms with Crippen LogP contribution in [0, 0.1) is 12.7 Å². The number of aromatic nitrogens is 4. The Kier molecular flexibility index (Phi) is 3.51. The van der Waals surface area contributed by atoms with Crippen LogP contribution in [-0.2, 0) is 0 Å². The fourth-order valence-electron chi connectivity index (χ4n) is 1.82. The van der Waals surface area contributed by atoms with Crippen molar-refractivity contribution in [2.45, 2.75) is 13.3 Å². The lowest BCUT2D eigenvalue weighted by molar-refractivity contribution is -0.275. The summed E-state index contributed by atoms with van der Waals surface area (Å²) in [6.07, 6.45) is -4.97. The van der Waals surface area contributed by atoms with Crippen LogP contribution in [0.3, 0.4) is 0 Å². The van der Waals surface area contributed by atoms with E-state index in [4.69, 9.17) is 4.52 Å². The van der Waals surface area contributed by atoms with Crippen molar-refractivity contribution >= 4 is 0 Å². The Morgan fingerprint density at radius 3 is 2.61 bits per heavy atom. The van der Waals surface area contributed by atoms with Crippen LogP contribution in [0.4, 0.5) is 17.6 Å². The molecule has 0 saturated heterocycles. The molecule has 0 fully saturated rings. The zero-order valence-electron chi connectivity index (χ0n) is 11.5. The van der Waals surface area contributed by atoms with Gasteiger partial charge in [-0.15, -0.1) is 13.2 Å². The van der Waals surface area contributed by atoms with Gasteiger partial charge in [-0.1, -0.05) is 5.16 Å². The number of aromatic amines is 1. The fourth-order valence-corrected chi connectivity index (χ4v) is 1.82. The number of nitrogens with zero attached hydrogens (tertiary/aromatic N) is 3. The van der Waals surface area contributed by atoms with Crippen molar-refractivity contribution in [2.24, 2.45) is 0 Å². The molecule has 2 heterocycles. The molecule has 0 spiro atoms. The monoisotopic (exact) mass is 328 g/mol. The van der Waals surface area contributed by atoms with Crippen molar-refractivity contribution in [3.05, 3.63) is 35.8 Å². The van der Waals surface area contributed by atoms with E-state index in [1.54, 1.807) is 13.0 Å². The first-order chi connectivity index (χ1) is 10.8. The Balaban J connectivity index is 1.88. The molecule has 120 valence electrons. The summed E-state index contributed by atoms with van der Waals surface area (Å²) in [7, 11) is 0. The third-order valence-electron chi connectivity index (χ3n) is 2.77. The maximum atomic E-state index is 13.7. The molecule has 1 aromatic carbocycles. The number of halogens is 4. The van der Waals surface area contributed by atoms with Crippen LogP contribution in [0.1, 0.15) is 5.69 Å². The van der Waals surface area contributed by atoms with E-state index in [2.05, 4.69) is 25.1 Å². The van der Waals surface area contributed by atoms with Gasteiger partial charge < -0.3 is 9.26 Å². The average molecular weight is 328 g/mol. The SMILES string of the molecule is Cc1cc(-c2nc(-c3ccc(OC(F)(F)F)c(F)c3)no2)n[nH]1. The van der Waals surface area contributed by atoms with E-state index in [9.17, 15) is 17.6 Å². The molecule has 10 heteroatoms. The molecule has 0 aliphatic carbocycles. The number of benzene rings is 1. The number of hydrogen-bond donors (Lipinski definition) is 1. The van der Waals surface area contributed by atoms with Gasteiger partial charge in [0.25, 0.3) is 5.89 Å². The van der Waals surface area contributed by atoms with E-state index in [1.807, 2.05) is 0 Å². The van der Waals surface area contributed by atoms with Gasteiger partial charge in [0.2, 0.25) is 5.82 Å². The first kappa shape index (κ1) is 15.0. The van der Waals surface area contributed by atoms with Crippen LogP contribution < -0.4 is 4.74 Å². The quantitative estimate of drug-likeness (QED) is 0.745. The average Bonchev–Trinajstić information content (AvgIpc) is 3.08. The maximum absolute atomic E-state index is 13.7. The van der Waals surface area contributed by atoms with Gasteiger partial charge in [-0.25, -0.2) is 4.39 Å².